The fourth-order valence-corrected chi connectivity index (χ4v) is 1.76. The number of halogens is 1. The predicted octanol–water partition coefficient (Wildman–Crippen LogP) is 0.567. The number of aliphatic carboxylic acids is 1. The topological polar surface area (TPSA) is 108 Å². The van der Waals surface area contributed by atoms with Crippen molar-refractivity contribution in [2.24, 2.45) is 0 Å². The van der Waals surface area contributed by atoms with Crippen LogP contribution in [0.4, 0.5) is 5.69 Å². The molecule has 4 N–H and O–H groups in total. The van der Waals surface area contributed by atoms with E-state index in [-0.39, 0.29) is 5.69 Å². The van der Waals surface area contributed by atoms with Crippen LogP contribution in [0.1, 0.15) is 11.6 Å². The molecule has 0 aliphatic rings. The van der Waals surface area contributed by atoms with E-state index >= 15 is 0 Å². The number of hydrogen-bond donors (Lipinski definition) is 2. The van der Waals surface area contributed by atoms with Gasteiger partial charge in [-0.15, -0.1) is 0 Å². The zero-order chi connectivity index (χ0) is 11.6. The molecule has 0 fully saturated rings. The summed E-state index contributed by atoms with van der Waals surface area (Å²) in [5.41, 5.74) is 3.68. The zero-order valence-electron chi connectivity index (χ0n) is 7.51. The first kappa shape index (κ1) is 11.9. The van der Waals surface area contributed by atoms with Gasteiger partial charge in [-0.1, -0.05) is 0 Å². The van der Waals surface area contributed by atoms with E-state index in [2.05, 4.69) is 5.73 Å². The summed E-state index contributed by atoms with van der Waals surface area (Å²) in [7, 11) is 0. The third-order valence-electron chi connectivity index (χ3n) is 1.86. The molecular weight excluding hydrogens is 315 g/mol. The van der Waals surface area contributed by atoms with Crippen LogP contribution in [0.2, 0.25) is 0 Å². The van der Waals surface area contributed by atoms with Crippen LogP contribution in [0.25, 0.3) is 0 Å². The minimum atomic E-state index is -1.10. The van der Waals surface area contributed by atoms with Crippen molar-refractivity contribution in [2.75, 3.05) is 0 Å². The number of hydrogen-bond acceptors (Lipinski definition) is 3. The summed E-state index contributed by atoms with van der Waals surface area (Å²) in [5, 5.41) is 19.2. The van der Waals surface area contributed by atoms with Gasteiger partial charge in [-0.2, -0.15) is 0 Å². The van der Waals surface area contributed by atoms with Gasteiger partial charge in [0.2, 0.25) is 6.04 Å². The van der Waals surface area contributed by atoms with Crippen molar-refractivity contribution >= 4 is 34.2 Å². The summed E-state index contributed by atoms with van der Waals surface area (Å²) in [4.78, 5) is 20.6. The maximum atomic E-state index is 10.7. The van der Waals surface area contributed by atoms with Crippen LogP contribution in [-0.4, -0.2) is 16.0 Å². The molecule has 1 aromatic rings. The highest BCUT2D eigenvalue weighted by molar-refractivity contribution is 14.1. The smallest absolute Gasteiger partial charge is 0.367 e. The molecule has 1 rings (SSSR count). The fraction of sp³-hybridized carbons (Fsp3) is 0.125. The number of nitro groups is 1. The average molecular weight is 323 g/mol. The summed E-state index contributed by atoms with van der Waals surface area (Å²) in [6.45, 7) is 0. The Morgan fingerprint density at radius 2 is 2.20 bits per heavy atom. The zero-order valence-corrected chi connectivity index (χ0v) is 9.67. The molecule has 7 heteroatoms. The fourth-order valence-electron chi connectivity index (χ4n) is 1.04. The highest BCUT2D eigenvalue weighted by Gasteiger charge is 2.23. The lowest BCUT2D eigenvalue weighted by Crippen LogP contribution is -2.57. The first-order valence-electron chi connectivity index (χ1n) is 3.93. The van der Waals surface area contributed by atoms with E-state index in [0.29, 0.717) is 9.13 Å². The molecule has 15 heavy (non-hydrogen) atoms. The van der Waals surface area contributed by atoms with Gasteiger partial charge in [-0.25, -0.2) is 4.79 Å². The lowest BCUT2D eigenvalue weighted by molar-refractivity contribution is -0.414. The van der Waals surface area contributed by atoms with Crippen LogP contribution >= 0.6 is 22.6 Å². The van der Waals surface area contributed by atoms with Crippen LogP contribution in [0.5, 0.6) is 0 Å². The Morgan fingerprint density at radius 1 is 1.60 bits per heavy atom. The Morgan fingerprint density at radius 3 is 2.67 bits per heavy atom. The van der Waals surface area contributed by atoms with E-state index in [9.17, 15) is 14.9 Å². The minimum Gasteiger partial charge on any atom is -0.477 e. The number of nitro benzene ring substituents is 1. The molecule has 0 aromatic heterocycles. The molecule has 0 bridgehead atoms. The number of benzene rings is 1. The Bertz CT molecular complexity index is 421. The van der Waals surface area contributed by atoms with Gasteiger partial charge < -0.3 is 10.8 Å². The third-order valence-corrected chi connectivity index (χ3v) is 2.85. The van der Waals surface area contributed by atoms with Crippen molar-refractivity contribution in [1.82, 2.24) is 0 Å². The second kappa shape index (κ2) is 4.53. The number of carbonyl (C=O) groups is 1. The van der Waals surface area contributed by atoms with Crippen molar-refractivity contribution in [1.29, 1.82) is 0 Å². The second-order valence-electron chi connectivity index (χ2n) is 2.85. The highest BCUT2D eigenvalue weighted by atomic mass is 127. The van der Waals surface area contributed by atoms with Crippen LogP contribution in [0.3, 0.4) is 0 Å². The molecular formula is C8H8IN2O4+. The minimum absolute atomic E-state index is 0.125. The molecule has 0 radical (unpaired) electrons. The summed E-state index contributed by atoms with van der Waals surface area (Å²) in [6, 6.07) is 3.10. The molecule has 0 unspecified atom stereocenters. The van der Waals surface area contributed by atoms with E-state index in [1.165, 1.54) is 18.2 Å². The van der Waals surface area contributed by atoms with Crippen LogP contribution in [0.15, 0.2) is 18.2 Å². The van der Waals surface area contributed by atoms with E-state index in [4.69, 9.17) is 5.11 Å². The van der Waals surface area contributed by atoms with Gasteiger partial charge in [0.15, 0.2) is 0 Å². The Hall–Kier alpha value is -1.22. The number of quaternary nitrogens is 1. The van der Waals surface area contributed by atoms with Gasteiger partial charge in [0.05, 0.1) is 4.92 Å². The standard InChI is InChI=1S/C8H7IN2O4/c9-6-2-1-4(11(14)15)3-5(6)7(10)8(12)13/h1-3,7H,10H2,(H,12,13)/p+1/t7-/m0/s1. The summed E-state index contributed by atoms with van der Waals surface area (Å²) >= 11 is 1.92. The van der Waals surface area contributed by atoms with Crippen molar-refractivity contribution in [3.63, 3.8) is 0 Å². The molecule has 0 aliphatic carbocycles. The third kappa shape index (κ3) is 2.63. The summed E-state index contributed by atoms with van der Waals surface area (Å²) in [6.07, 6.45) is 0. The van der Waals surface area contributed by atoms with Gasteiger partial charge in [0, 0.05) is 21.3 Å². The number of rotatable bonds is 3. The van der Waals surface area contributed by atoms with Gasteiger partial charge in [0.1, 0.15) is 0 Å². The Kier molecular flexibility index (Phi) is 3.58. The quantitative estimate of drug-likeness (QED) is 0.481. The molecule has 0 heterocycles. The predicted molar refractivity (Wildman–Crippen MR) is 59.1 cm³/mol. The molecule has 80 valence electrons. The molecule has 0 saturated heterocycles. The van der Waals surface area contributed by atoms with E-state index in [1.807, 2.05) is 22.6 Å². The molecule has 1 atom stereocenters. The summed E-state index contributed by atoms with van der Waals surface area (Å²) < 4.78 is 0.653. The number of carboxylic acid groups (broad SMARTS) is 1. The monoisotopic (exact) mass is 323 g/mol. The van der Waals surface area contributed by atoms with Gasteiger partial charge in [-0.05, 0) is 28.7 Å². The number of nitrogens with zero attached hydrogens (tertiary/aromatic N) is 1. The lowest BCUT2D eigenvalue weighted by atomic mass is 10.1. The highest BCUT2D eigenvalue weighted by Crippen LogP contribution is 2.23. The van der Waals surface area contributed by atoms with Crippen LogP contribution in [-0.2, 0) is 4.79 Å². The largest absolute Gasteiger partial charge is 0.477 e. The molecule has 1 aromatic carbocycles. The van der Waals surface area contributed by atoms with Crippen molar-refractivity contribution in [2.45, 2.75) is 6.04 Å². The van der Waals surface area contributed by atoms with E-state index in [1.54, 1.807) is 0 Å². The lowest BCUT2D eigenvalue weighted by Gasteiger charge is -2.05. The molecule has 0 saturated carbocycles. The van der Waals surface area contributed by atoms with Crippen molar-refractivity contribution in [3.8, 4) is 0 Å². The van der Waals surface area contributed by atoms with Crippen molar-refractivity contribution < 1.29 is 20.6 Å². The SMILES string of the molecule is [NH3+][C@H](C(=O)O)c1cc([N+](=O)[O-])ccc1I. The van der Waals surface area contributed by atoms with Gasteiger partial charge in [-0.3, -0.25) is 10.1 Å². The van der Waals surface area contributed by atoms with Gasteiger partial charge >= 0.3 is 5.97 Å². The first-order chi connectivity index (χ1) is 6.93. The van der Waals surface area contributed by atoms with Crippen LogP contribution in [0, 0.1) is 13.7 Å². The normalized spacial score (nSPS) is 12.1. The first-order valence-corrected chi connectivity index (χ1v) is 5.01. The maximum absolute atomic E-state index is 10.7. The molecule has 0 spiro atoms. The second-order valence-corrected chi connectivity index (χ2v) is 4.02. The van der Waals surface area contributed by atoms with Crippen LogP contribution < -0.4 is 5.73 Å². The molecule has 0 amide bonds. The molecule has 0 aliphatic heterocycles. The number of carboxylic acids is 1. The average Bonchev–Trinajstić information content (AvgIpc) is 2.16. The van der Waals surface area contributed by atoms with Gasteiger partial charge in [0.25, 0.3) is 5.69 Å². The molecule has 6 nitrogen and oxygen atoms in total. The Balaban J connectivity index is 3.22. The maximum Gasteiger partial charge on any atom is 0.367 e. The van der Waals surface area contributed by atoms with Crippen molar-refractivity contribution in [3.05, 3.63) is 37.4 Å². The van der Waals surface area contributed by atoms with E-state index in [0.717, 1.165) is 0 Å². The number of non-ortho nitro benzene ring substituents is 1. The summed E-state index contributed by atoms with van der Waals surface area (Å²) in [5.74, 6) is -1.10. The van der Waals surface area contributed by atoms with E-state index < -0.39 is 16.9 Å². The Labute approximate surface area is 98.4 Å².